The van der Waals surface area contributed by atoms with Crippen molar-refractivity contribution in [3.05, 3.63) is 20.1 Å². The zero-order valence-electron chi connectivity index (χ0n) is 8.47. The van der Waals surface area contributed by atoms with E-state index in [9.17, 15) is 19.8 Å². The van der Waals surface area contributed by atoms with Gasteiger partial charge >= 0.3 is 0 Å². The first kappa shape index (κ1) is 13.2. The number of carbonyl (C=O) groups excluding carboxylic acids is 2. The van der Waals surface area contributed by atoms with E-state index in [-0.39, 0.29) is 31.6 Å². The minimum Gasteiger partial charge on any atom is -0.506 e. The summed E-state index contributed by atoms with van der Waals surface area (Å²) in [6, 6.07) is 0. The van der Waals surface area contributed by atoms with E-state index in [2.05, 4.69) is 31.9 Å². The fourth-order valence-electron chi connectivity index (χ4n) is 1.35. The molecule has 16 heavy (non-hydrogen) atoms. The van der Waals surface area contributed by atoms with Crippen LogP contribution in [0.5, 0.6) is 11.5 Å². The van der Waals surface area contributed by atoms with Crippen molar-refractivity contribution in [3.8, 4) is 11.5 Å². The van der Waals surface area contributed by atoms with Gasteiger partial charge in [-0.15, -0.1) is 0 Å². The SMILES string of the molecule is CC(=O)c1c(O)c(Br)c(Br)c(O)c1C(C)=O. The van der Waals surface area contributed by atoms with Gasteiger partial charge in [0.1, 0.15) is 11.5 Å². The molecule has 0 spiro atoms. The summed E-state index contributed by atoms with van der Waals surface area (Å²) in [6.07, 6.45) is 0. The maximum absolute atomic E-state index is 11.3. The highest BCUT2D eigenvalue weighted by atomic mass is 79.9. The molecule has 6 heteroatoms. The fraction of sp³-hybridized carbons (Fsp3) is 0.200. The third kappa shape index (κ3) is 1.99. The number of phenolic OH excluding ortho intramolecular Hbond substituents is 2. The van der Waals surface area contributed by atoms with Crippen LogP contribution in [0.4, 0.5) is 0 Å². The Hall–Kier alpha value is -0.880. The highest BCUT2D eigenvalue weighted by molar-refractivity contribution is 9.13. The van der Waals surface area contributed by atoms with E-state index in [0.29, 0.717) is 0 Å². The van der Waals surface area contributed by atoms with Gasteiger partial charge < -0.3 is 10.2 Å². The number of rotatable bonds is 2. The maximum Gasteiger partial charge on any atom is 0.164 e. The first-order valence-corrected chi connectivity index (χ1v) is 5.82. The van der Waals surface area contributed by atoms with Crippen LogP contribution < -0.4 is 0 Å². The summed E-state index contributed by atoms with van der Waals surface area (Å²) < 4.78 is 0.278. The quantitative estimate of drug-likeness (QED) is 0.634. The summed E-state index contributed by atoms with van der Waals surface area (Å²) in [4.78, 5) is 22.7. The van der Waals surface area contributed by atoms with Crippen molar-refractivity contribution in [3.63, 3.8) is 0 Å². The lowest BCUT2D eigenvalue weighted by atomic mass is 9.99. The second kappa shape index (κ2) is 4.55. The smallest absolute Gasteiger partial charge is 0.164 e. The minimum absolute atomic E-state index is 0.139. The van der Waals surface area contributed by atoms with Gasteiger partial charge in [0, 0.05) is 0 Å². The third-order valence-electron chi connectivity index (χ3n) is 2.04. The summed E-state index contributed by atoms with van der Waals surface area (Å²) >= 11 is 6.02. The Balaban J connectivity index is 3.83. The molecule has 2 N–H and O–H groups in total. The molecular weight excluding hydrogens is 344 g/mol. The van der Waals surface area contributed by atoms with Gasteiger partial charge in [-0.2, -0.15) is 0 Å². The molecule has 1 aromatic carbocycles. The molecule has 0 aromatic heterocycles. The molecule has 0 saturated carbocycles. The van der Waals surface area contributed by atoms with E-state index >= 15 is 0 Å². The van der Waals surface area contributed by atoms with Gasteiger partial charge in [0.25, 0.3) is 0 Å². The van der Waals surface area contributed by atoms with Gasteiger partial charge in [0.15, 0.2) is 11.6 Å². The van der Waals surface area contributed by atoms with E-state index in [0.717, 1.165) is 0 Å². The Morgan fingerprint density at radius 2 is 1.12 bits per heavy atom. The second-order valence-corrected chi connectivity index (χ2v) is 4.77. The van der Waals surface area contributed by atoms with Crippen LogP contribution in [0.25, 0.3) is 0 Å². The Morgan fingerprint density at radius 3 is 1.31 bits per heavy atom. The lowest BCUT2D eigenvalue weighted by molar-refractivity contribution is 0.0975. The minimum atomic E-state index is -0.494. The highest BCUT2D eigenvalue weighted by Gasteiger charge is 2.25. The van der Waals surface area contributed by atoms with Crippen LogP contribution in [0.1, 0.15) is 34.6 Å². The van der Waals surface area contributed by atoms with Crippen molar-refractivity contribution in [2.75, 3.05) is 0 Å². The molecule has 0 aliphatic carbocycles. The molecular formula is C10H8Br2O4. The third-order valence-corrected chi connectivity index (χ3v) is 4.11. The lowest BCUT2D eigenvalue weighted by Crippen LogP contribution is -2.06. The van der Waals surface area contributed by atoms with Crippen molar-refractivity contribution >= 4 is 43.4 Å². The highest BCUT2D eigenvalue weighted by Crippen LogP contribution is 2.44. The molecule has 0 unspecified atom stereocenters. The number of aromatic hydroxyl groups is 2. The van der Waals surface area contributed by atoms with Gasteiger partial charge in [-0.3, -0.25) is 9.59 Å². The van der Waals surface area contributed by atoms with Crippen LogP contribution in [-0.4, -0.2) is 21.8 Å². The number of Topliss-reactive ketones (excluding diaryl/α,β-unsaturated/α-hetero) is 2. The predicted octanol–water partition coefficient (Wildman–Crippen LogP) is 3.03. The van der Waals surface area contributed by atoms with Crippen LogP contribution in [0.15, 0.2) is 8.95 Å². The van der Waals surface area contributed by atoms with Crippen LogP contribution in [0, 0.1) is 0 Å². The standard InChI is InChI=1S/C10H8Br2O4/c1-3(13)5-6(4(2)14)10(16)8(12)7(11)9(5)15/h15-16H,1-2H3. The number of hydrogen-bond acceptors (Lipinski definition) is 4. The molecule has 0 atom stereocenters. The summed E-state index contributed by atoms with van der Waals surface area (Å²) in [6.45, 7) is 2.42. The summed E-state index contributed by atoms with van der Waals surface area (Å²) in [5.41, 5.74) is -0.361. The van der Waals surface area contributed by atoms with Gasteiger partial charge in [-0.1, -0.05) is 0 Å². The summed E-state index contributed by atoms with van der Waals surface area (Å²) in [7, 11) is 0. The van der Waals surface area contributed by atoms with Gasteiger partial charge in [-0.05, 0) is 45.7 Å². The molecule has 0 radical (unpaired) electrons. The molecule has 1 rings (SSSR count). The van der Waals surface area contributed by atoms with E-state index < -0.39 is 11.6 Å². The number of carbonyl (C=O) groups is 2. The Labute approximate surface area is 109 Å². The number of ketones is 2. The van der Waals surface area contributed by atoms with E-state index in [4.69, 9.17) is 0 Å². The van der Waals surface area contributed by atoms with Crippen molar-refractivity contribution in [1.29, 1.82) is 0 Å². The largest absolute Gasteiger partial charge is 0.506 e. The maximum atomic E-state index is 11.3. The molecule has 86 valence electrons. The first-order chi connectivity index (χ1) is 7.29. The number of phenols is 2. The zero-order valence-corrected chi connectivity index (χ0v) is 11.6. The van der Waals surface area contributed by atoms with Crippen LogP contribution in [-0.2, 0) is 0 Å². The zero-order chi connectivity index (χ0) is 12.6. The average Bonchev–Trinajstić information content (AvgIpc) is 2.18. The Morgan fingerprint density at radius 1 is 0.875 bits per heavy atom. The number of hydrogen-bond donors (Lipinski definition) is 2. The van der Waals surface area contributed by atoms with Gasteiger partial charge in [-0.25, -0.2) is 0 Å². The number of halogens is 2. The monoisotopic (exact) mass is 350 g/mol. The Kier molecular flexibility index (Phi) is 3.75. The van der Waals surface area contributed by atoms with E-state index in [1.807, 2.05) is 0 Å². The van der Waals surface area contributed by atoms with Crippen molar-refractivity contribution < 1.29 is 19.8 Å². The number of benzene rings is 1. The van der Waals surface area contributed by atoms with Crippen molar-refractivity contribution in [1.82, 2.24) is 0 Å². The molecule has 0 aliphatic heterocycles. The molecule has 0 heterocycles. The molecule has 0 amide bonds. The van der Waals surface area contributed by atoms with Crippen LogP contribution >= 0.6 is 31.9 Å². The van der Waals surface area contributed by atoms with Crippen LogP contribution in [0.2, 0.25) is 0 Å². The van der Waals surface area contributed by atoms with E-state index in [1.165, 1.54) is 13.8 Å². The van der Waals surface area contributed by atoms with Crippen molar-refractivity contribution in [2.45, 2.75) is 13.8 Å². The molecule has 0 aliphatic rings. The average molecular weight is 352 g/mol. The normalized spacial score (nSPS) is 10.2. The van der Waals surface area contributed by atoms with Gasteiger partial charge in [0.2, 0.25) is 0 Å². The van der Waals surface area contributed by atoms with E-state index in [1.54, 1.807) is 0 Å². The van der Waals surface area contributed by atoms with Gasteiger partial charge in [0.05, 0.1) is 20.1 Å². The molecule has 0 saturated heterocycles. The lowest BCUT2D eigenvalue weighted by Gasteiger charge is -2.12. The molecule has 4 nitrogen and oxygen atoms in total. The summed E-state index contributed by atoms with van der Waals surface area (Å²) in [5, 5.41) is 19.5. The molecule has 0 fully saturated rings. The Bertz CT molecular complexity index is 449. The van der Waals surface area contributed by atoms with Crippen molar-refractivity contribution in [2.24, 2.45) is 0 Å². The second-order valence-electron chi connectivity index (χ2n) is 3.19. The molecule has 1 aromatic rings. The molecule has 0 bridgehead atoms. The topological polar surface area (TPSA) is 74.6 Å². The van der Waals surface area contributed by atoms with Crippen LogP contribution in [0.3, 0.4) is 0 Å². The first-order valence-electron chi connectivity index (χ1n) is 4.23. The summed E-state index contributed by atoms with van der Waals surface area (Å²) in [5.74, 6) is -1.71. The fourth-order valence-corrected chi connectivity index (χ4v) is 2.12. The predicted molar refractivity (Wildman–Crippen MR) is 65.2 cm³/mol.